The number of benzene rings is 1. The second kappa shape index (κ2) is 7.34. The summed E-state index contributed by atoms with van der Waals surface area (Å²) in [7, 11) is 4.73. The van der Waals surface area contributed by atoms with Gasteiger partial charge >= 0.3 is 11.4 Å². The normalized spacial score (nSPS) is 14.8. The van der Waals surface area contributed by atoms with Crippen LogP contribution in [0.15, 0.2) is 31.5 Å². The summed E-state index contributed by atoms with van der Waals surface area (Å²) in [6.45, 7) is 2.44. The molecule has 3 aromatic rings. The number of anilines is 1. The number of aryl methyl sites for hydroxylation is 2. The fourth-order valence-electron chi connectivity index (χ4n) is 3.56. The smallest absolute Gasteiger partial charge is 0.330 e. The highest BCUT2D eigenvalue weighted by Gasteiger charge is 2.19. The van der Waals surface area contributed by atoms with Crippen molar-refractivity contribution in [1.29, 1.82) is 0 Å². The quantitative estimate of drug-likeness (QED) is 0.560. The van der Waals surface area contributed by atoms with E-state index in [4.69, 9.17) is 4.74 Å². The molecular weight excluding hydrogens is 392 g/mol. The van der Waals surface area contributed by atoms with Gasteiger partial charge in [-0.3, -0.25) is 28.5 Å². The van der Waals surface area contributed by atoms with Crippen molar-refractivity contribution in [1.82, 2.24) is 18.7 Å². The summed E-state index contributed by atoms with van der Waals surface area (Å²) < 4.78 is 9.44. The van der Waals surface area contributed by atoms with Crippen molar-refractivity contribution in [3.05, 3.63) is 49.0 Å². The van der Waals surface area contributed by atoms with E-state index < -0.39 is 17.1 Å². The van der Waals surface area contributed by atoms with Gasteiger partial charge in [0.05, 0.1) is 35.6 Å². The zero-order valence-electron chi connectivity index (χ0n) is 16.9. The molecule has 1 fully saturated rings. The second-order valence-corrected chi connectivity index (χ2v) is 7.14. The zero-order chi connectivity index (χ0) is 21.6. The number of aromatic nitrogens is 4. The molecule has 1 aliphatic heterocycles. The van der Waals surface area contributed by atoms with Crippen LogP contribution in [-0.4, -0.2) is 56.3 Å². The topological polar surface area (TPSA) is 127 Å². The second-order valence-electron chi connectivity index (χ2n) is 7.14. The van der Waals surface area contributed by atoms with E-state index in [9.17, 15) is 19.5 Å². The number of hydrogen-bond donors (Lipinski definition) is 2. The molecule has 0 bridgehead atoms. The van der Waals surface area contributed by atoms with Gasteiger partial charge in [0.1, 0.15) is 5.56 Å². The molecule has 11 nitrogen and oxygen atoms in total. The molecule has 0 radical (unpaired) electrons. The van der Waals surface area contributed by atoms with Crippen LogP contribution >= 0.6 is 0 Å². The Bertz CT molecular complexity index is 1340. The Morgan fingerprint density at radius 3 is 2.33 bits per heavy atom. The summed E-state index contributed by atoms with van der Waals surface area (Å²) >= 11 is 0. The average Bonchev–Trinajstić information content (AvgIpc) is 2.95. The molecule has 11 heteroatoms. The van der Waals surface area contributed by atoms with Crippen LogP contribution in [0.5, 0.6) is 5.88 Å². The van der Waals surface area contributed by atoms with Crippen LogP contribution < -0.4 is 21.8 Å². The number of fused-ring (bicyclic) bond motifs is 1. The Hall–Kier alpha value is -3.60. The fourth-order valence-corrected chi connectivity index (χ4v) is 3.56. The lowest BCUT2D eigenvalue weighted by Gasteiger charge is -2.30. The fraction of sp³-hybridized carbons (Fsp3) is 0.368. The Kier molecular flexibility index (Phi) is 4.82. The highest BCUT2D eigenvalue weighted by atomic mass is 16.5. The van der Waals surface area contributed by atoms with Crippen LogP contribution in [0.2, 0.25) is 0 Å². The number of H-pyrrole nitrogens is 1. The molecule has 2 aromatic heterocycles. The number of imidazole rings is 1. The van der Waals surface area contributed by atoms with Crippen LogP contribution in [-0.2, 0) is 25.9 Å². The maximum atomic E-state index is 12.4. The van der Waals surface area contributed by atoms with Gasteiger partial charge in [-0.2, -0.15) is 0 Å². The molecule has 1 aliphatic rings. The van der Waals surface area contributed by atoms with Gasteiger partial charge in [-0.15, -0.1) is 0 Å². The zero-order valence-corrected chi connectivity index (χ0v) is 16.9. The standard InChI is InChI=1S/C19H22N6O5/c1-22-14-8-12(20-10-11-16(26)21-18(28)24(3)17(11)27)13(25-4-6-30-7-5-25)9-15(14)23(2)19(22)29/h8-10,27H,4-7H2,1-3H3,(H,21,26,28). The third-order valence-electron chi connectivity index (χ3n) is 5.38. The highest BCUT2D eigenvalue weighted by Crippen LogP contribution is 2.33. The van der Waals surface area contributed by atoms with Crippen molar-refractivity contribution in [2.45, 2.75) is 0 Å². The number of hydrogen-bond acceptors (Lipinski definition) is 7. The van der Waals surface area contributed by atoms with Crippen LogP contribution in [0, 0.1) is 0 Å². The number of aromatic amines is 1. The first-order valence-corrected chi connectivity index (χ1v) is 9.38. The lowest BCUT2D eigenvalue weighted by molar-refractivity contribution is 0.123. The molecule has 0 saturated carbocycles. The van der Waals surface area contributed by atoms with Gasteiger partial charge in [0, 0.05) is 40.4 Å². The van der Waals surface area contributed by atoms with Gasteiger partial charge in [-0.25, -0.2) is 9.59 Å². The number of aromatic hydroxyl groups is 1. The number of ether oxygens (including phenoxy) is 1. The van der Waals surface area contributed by atoms with Crippen molar-refractivity contribution in [3.63, 3.8) is 0 Å². The average molecular weight is 414 g/mol. The molecule has 3 heterocycles. The SMILES string of the molecule is Cn1c(O)c(C=Nc2cc3c(cc2N2CCOCC2)n(C)c(=O)n3C)c(=O)[nH]c1=O. The molecule has 1 aromatic carbocycles. The first-order chi connectivity index (χ1) is 14.3. The third-order valence-corrected chi connectivity index (χ3v) is 5.38. The first-order valence-electron chi connectivity index (χ1n) is 9.38. The van der Waals surface area contributed by atoms with Gasteiger partial charge in [-0.05, 0) is 12.1 Å². The van der Waals surface area contributed by atoms with Crippen LogP contribution in [0.25, 0.3) is 11.0 Å². The molecule has 0 spiro atoms. The molecule has 0 unspecified atom stereocenters. The van der Waals surface area contributed by atoms with Gasteiger partial charge in [0.25, 0.3) is 5.56 Å². The van der Waals surface area contributed by atoms with Gasteiger partial charge < -0.3 is 14.7 Å². The molecule has 30 heavy (non-hydrogen) atoms. The third kappa shape index (κ3) is 3.12. The van der Waals surface area contributed by atoms with E-state index >= 15 is 0 Å². The Balaban J connectivity index is 1.91. The van der Waals surface area contributed by atoms with E-state index in [-0.39, 0.29) is 11.3 Å². The summed E-state index contributed by atoms with van der Waals surface area (Å²) in [6.07, 6.45) is 1.22. The van der Waals surface area contributed by atoms with Crippen LogP contribution in [0.1, 0.15) is 5.56 Å². The van der Waals surface area contributed by atoms with E-state index in [0.29, 0.717) is 37.5 Å². The lowest BCUT2D eigenvalue weighted by Crippen LogP contribution is -2.36. The van der Waals surface area contributed by atoms with Crippen molar-refractivity contribution < 1.29 is 9.84 Å². The maximum Gasteiger partial charge on any atom is 0.330 e. The molecule has 0 amide bonds. The summed E-state index contributed by atoms with van der Waals surface area (Å²) in [5.74, 6) is -0.478. The largest absolute Gasteiger partial charge is 0.494 e. The number of morpholine rings is 1. The predicted octanol–water partition coefficient (Wildman–Crippen LogP) is -0.443. The van der Waals surface area contributed by atoms with Gasteiger partial charge in [0.2, 0.25) is 5.88 Å². The van der Waals surface area contributed by atoms with Gasteiger partial charge in [-0.1, -0.05) is 0 Å². The minimum atomic E-state index is -0.736. The van der Waals surface area contributed by atoms with Crippen LogP contribution in [0.3, 0.4) is 0 Å². The van der Waals surface area contributed by atoms with E-state index in [1.54, 1.807) is 24.7 Å². The summed E-state index contributed by atoms with van der Waals surface area (Å²) in [4.78, 5) is 44.8. The number of nitrogens with one attached hydrogen (secondary N) is 1. The monoisotopic (exact) mass is 414 g/mol. The lowest BCUT2D eigenvalue weighted by atomic mass is 10.2. The summed E-state index contributed by atoms with van der Waals surface area (Å²) in [6, 6.07) is 3.66. The predicted molar refractivity (Wildman–Crippen MR) is 112 cm³/mol. The first kappa shape index (κ1) is 19.7. The van der Waals surface area contributed by atoms with E-state index in [2.05, 4.69) is 14.9 Å². The molecule has 4 rings (SSSR count). The number of rotatable bonds is 3. The van der Waals surface area contributed by atoms with E-state index in [1.807, 2.05) is 6.07 Å². The summed E-state index contributed by atoms with van der Waals surface area (Å²) in [5.41, 5.74) is 1.00. The molecular formula is C19H22N6O5. The maximum absolute atomic E-state index is 12.4. The number of aliphatic imine (C=N–C) groups is 1. The number of nitrogens with zero attached hydrogens (tertiary/aromatic N) is 5. The highest BCUT2D eigenvalue weighted by molar-refractivity contribution is 5.91. The minimum absolute atomic E-state index is 0.132. The van der Waals surface area contributed by atoms with Crippen molar-refractivity contribution in [2.75, 3.05) is 31.2 Å². The molecule has 0 aliphatic carbocycles. The Labute approximate surface area is 170 Å². The molecule has 0 atom stereocenters. The van der Waals surface area contributed by atoms with Crippen LogP contribution in [0.4, 0.5) is 11.4 Å². The van der Waals surface area contributed by atoms with E-state index in [1.165, 1.54) is 17.8 Å². The Morgan fingerprint density at radius 2 is 1.67 bits per heavy atom. The molecule has 1 saturated heterocycles. The molecule has 2 N–H and O–H groups in total. The van der Waals surface area contributed by atoms with Crippen molar-refractivity contribution in [2.24, 2.45) is 26.1 Å². The van der Waals surface area contributed by atoms with Crippen molar-refractivity contribution >= 4 is 28.6 Å². The van der Waals surface area contributed by atoms with Crippen molar-refractivity contribution in [3.8, 4) is 5.88 Å². The Morgan fingerprint density at radius 1 is 1.03 bits per heavy atom. The minimum Gasteiger partial charge on any atom is -0.494 e. The van der Waals surface area contributed by atoms with Gasteiger partial charge in [0.15, 0.2) is 0 Å². The summed E-state index contributed by atoms with van der Waals surface area (Å²) in [5, 5.41) is 10.2. The van der Waals surface area contributed by atoms with E-state index in [0.717, 1.165) is 15.8 Å². The molecule has 158 valence electrons.